The van der Waals surface area contributed by atoms with Gasteiger partial charge in [0.15, 0.2) is 12.4 Å². The minimum atomic E-state index is -1.62. The first-order chi connectivity index (χ1) is 40.7. The van der Waals surface area contributed by atoms with Crippen LogP contribution in [-0.4, -0.2) is 99.6 Å². The van der Waals surface area contributed by atoms with E-state index in [9.17, 15) is 35.1 Å². The average Bonchev–Trinajstić information content (AvgIpc) is 3.52. The smallest absolute Gasteiger partial charge is 0.306 e. The largest absolute Gasteiger partial charge is 0.454 e. The van der Waals surface area contributed by atoms with Crippen molar-refractivity contribution < 1.29 is 49.3 Å². The van der Waals surface area contributed by atoms with Gasteiger partial charge in [-0.2, -0.15) is 0 Å². The van der Waals surface area contributed by atoms with Crippen LogP contribution in [0.5, 0.6) is 0 Å². The third-order valence-electron chi connectivity index (χ3n) is 16.1. The summed E-state index contributed by atoms with van der Waals surface area (Å²) in [6.07, 6.45) is 66.5. The number of nitrogens with one attached hydrogen (secondary N) is 1. The molecule has 1 aliphatic heterocycles. The number of aliphatic hydroxyl groups is 5. The quantitative estimate of drug-likeness (QED) is 0.0195. The fraction of sp³-hybridized carbons (Fsp3) is 0.806. The van der Waals surface area contributed by atoms with Crippen molar-refractivity contribution in [2.75, 3.05) is 13.2 Å². The minimum absolute atomic E-state index is 0.120. The van der Waals surface area contributed by atoms with Crippen LogP contribution in [0.15, 0.2) is 72.9 Å². The van der Waals surface area contributed by atoms with E-state index in [-0.39, 0.29) is 19.4 Å². The van der Waals surface area contributed by atoms with Crippen LogP contribution in [0, 0.1) is 0 Å². The molecule has 1 fully saturated rings. The van der Waals surface area contributed by atoms with Crippen LogP contribution in [-0.2, 0) is 23.8 Å². The highest BCUT2D eigenvalue weighted by atomic mass is 16.7. The van der Waals surface area contributed by atoms with Gasteiger partial charge in [-0.15, -0.1) is 0 Å². The summed E-state index contributed by atoms with van der Waals surface area (Å²) in [5, 5.41) is 57.2. The maximum Gasteiger partial charge on any atom is 0.306 e. The molecular weight excluding hydrogens is 1040 g/mol. The van der Waals surface area contributed by atoms with Crippen molar-refractivity contribution in [1.82, 2.24) is 5.32 Å². The molecule has 1 rings (SSSR count). The molecule has 1 saturated heterocycles. The first-order valence-electron chi connectivity index (χ1n) is 34.7. The molecule has 6 N–H and O–H groups in total. The van der Waals surface area contributed by atoms with E-state index in [2.05, 4.69) is 86.8 Å². The first kappa shape index (κ1) is 78.1. The summed E-state index contributed by atoms with van der Waals surface area (Å²) in [5.74, 6) is -1.20. The Morgan fingerprint density at radius 2 is 0.831 bits per heavy atom. The van der Waals surface area contributed by atoms with Crippen LogP contribution in [0.1, 0.15) is 310 Å². The summed E-state index contributed by atoms with van der Waals surface area (Å²) in [4.78, 5) is 26.6. The molecule has 0 aliphatic carbocycles. The number of rotatable bonds is 59. The van der Waals surface area contributed by atoms with Crippen LogP contribution in [0.4, 0.5) is 0 Å². The first-order valence-corrected chi connectivity index (χ1v) is 34.7. The van der Waals surface area contributed by atoms with Crippen molar-refractivity contribution in [3.63, 3.8) is 0 Å². The van der Waals surface area contributed by atoms with Crippen molar-refractivity contribution in [1.29, 1.82) is 0 Å². The number of allylic oxidation sites excluding steroid dienone is 11. The van der Waals surface area contributed by atoms with Gasteiger partial charge < -0.3 is 45.1 Å². The maximum absolute atomic E-state index is 13.5. The molecule has 11 heteroatoms. The maximum atomic E-state index is 13.5. The molecule has 0 spiro atoms. The fourth-order valence-corrected chi connectivity index (χ4v) is 10.6. The van der Waals surface area contributed by atoms with E-state index in [4.69, 9.17) is 14.2 Å². The predicted molar refractivity (Wildman–Crippen MR) is 347 cm³/mol. The summed E-state index contributed by atoms with van der Waals surface area (Å²) in [6.45, 7) is 5.77. The Hall–Kier alpha value is -2.90. The normalized spacial score (nSPS) is 19.0. The van der Waals surface area contributed by atoms with Crippen LogP contribution in [0.3, 0.4) is 0 Å². The second-order valence-corrected chi connectivity index (χ2v) is 23.9. The van der Waals surface area contributed by atoms with Gasteiger partial charge in [-0.1, -0.05) is 280 Å². The molecule has 1 amide bonds. The highest BCUT2D eigenvalue weighted by Crippen LogP contribution is 2.26. The van der Waals surface area contributed by atoms with E-state index in [0.717, 1.165) is 83.5 Å². The van der Waals surface area contributed by atoms with Gasteiger partial charge in [0.2, 0.25) is 5.91 Å². The molecule has 482 valence electrons. The molecule has 0 saturated carbocycles. The molecule has 0 aromatic heterocycles. The molecule has 0 bridgehead atoms. The van der Waals surface area contributed by atoms with E-state index in [1.165, 1.54) is 180 Å². The number of carbonyl (C=O) groups is 2. The van der Waals surface area contributed by atoms with Crippen molar-refractivity contribution in [2.24, 2.45) is 0 Å². The lowest BCUT2D eigenvalue weighted by Crippen LogP contribution is -2.61. The molecule has 8 atom stereocenters. The van der Waals surface area contributed by atoms with Crippen LogP contribution < -0.4 is 5.32 Å². The number of aliphatic hydroxyl groups excluding tert-OH is 5. The summed E-state index contributed by atoms with van der Waals surface area (Å²) in [5.41, 5.74) is 0. The number of ether oxygens (including phenoxy) is 3. The second kappa shape index (κ2) is 59.4. The topological polar surface area (TPSA) is 175 Å². The summed E-state index contributed by atoms with van der Waals surface area (Å²) >= 11 is 0. The molecule has 11 nitrogen and oxygen atoms in total. The van der Waals surface area contributed by atoms with Gasteiger partial charge >= 0.3 is 5.97 Å². The third kappa shape index (κ3) is 46.9. The van der Waals surface area contributed by atoms with Crippen molar-refractivity contribution >= 4 is 11.9 Å². The minimum Gasteiger partial charge on any atom is -0.454 e. The predicted octanol–water partition coefficient (Wildman–Crippen LogP) is 17.5. The lowest BCUT2D eigenvalue weighted by atomic mass is 9.99. The Bertz CT molecular complexity index is 1630. The van der Waals surface area contributed by atoms with Gasteiger partial charge in [-0.3, -0.25) is 9.59 Å². The van der Waals surface area contributed by atoms with Gasteiger partial charge in [0.1, 0.15) is 24.4 Å². The highest BCUT2D eigenvalue weighted by molar-refractivity contribution is 5.80. The van der Waals surface area contributed by atoms with Gasteiger partial charge in [-0.05, 0) is 96.3 Å². The average molecular weight is 1170 g/mol. The molecule has 0 aromatic rings. The number of esters is 1. The summed E-state index contributed by atoms with van der Waals surface area (Å²) < 4.78 is 17.7. The molecule has 1 heterocycles. The zero-order valence-corrected chi connectivity index (χ0v) is 53.6. The fourth-order valence-electron chi connectivity index (χ4n) is 10.6. The van der Waals surface area contributed by atoms with Crippen LogP contribution in [0.2, 0.25) is 0 Å². The molecule has 83 heavy (non-hydrogen) atoms. The number of carbonyl (C=O) groups excluding carboxylic acids is 2. The van der Waals surface area contributed by atoms with Gasteiger partial charge in [0.25, 0.3) is 0 Å². The molecule has 0 radical (unpaired) electrons. The highest BCUT2D eigenvalue weighted by Gasteiger charge is 2.47. The lowest BCUT2D eigenvalue weighted by molar-refractivity contribution is -0.305. The van der Waals surface area contributed by atoms with E-state index in [0.29, 0.717) is 12.8 Å². The van der Waals surface area contributed by atoms with E-state index < -0.39 is 67.4 Å². The Morgan fingerprint density at radius 3 is 1.28 bits per heavy atom. The second-order valence-electron chi connectivity index (χ2n) is 23.9. The van der Waals surface area contributed by atoms with E-state index >= 15 is 0 Å². The Balaban J connectivity index is 2.59. The molecule has 8 unspecified atom stereocenters. The van der Waals surface area contributed by atoms with Crippen molar-refractivity contribution in [2.45, 2.75) is 359 Å². The third-order valence-corrected chi connectivity index (χ3v) is 16.1. The van der Waals surface area contributed by atoms with E-state index in [1.54, 1.807) is 6.08 Å². The summed E-state index contributed by atoms with van der Waals surface area (Å²) in [6, 6.07) is -1.03. The van der Waals surface area contributed by atoms with Gasteiger partial charge in [-0.25, -0.2) is 0 Å². The van der Waals surface area contributed by atoms with Crippen molar-refractivity contribution in [3.8, 4) is 0 Å². The number of hydrogen-bond acceptors (Lipinski definition) is 10. The van der Waals surface area contributed by atoms with E-state index in [1.807, 2.05) is 6.08 Å². The van der Waals surface area contributed by atoms with Gasteiger partial charge in [0, 0.05) is 6.42 Å². The Labute approximate surface area is 509 Å². The van der Waals surface area contributed by atoms with Gasteiger partial charge in [0.05, 0.1) is 25.4 Å². The Morgan fingerprint density at radius 1 is 0.470 bits per heavy atom. The zero-order valence-electron chi connectivity index (χ0n) is 53.6. The summed E-state index contributed by atoms with van der Waals surface area (Å²) in [7, 11) is 0. The molecular formula is C72H129NO10. The SMILES string of the molecule is CCCCC/C=C\C/C=C\C/C=C\C/C=C\CCCCCCCCCCC(O)C(=O)NC(COC1OC(CO)C(O)C(O)C1OC(=O)CCCCCCCCCCC/C=C/CCCCCCCC)C(O)/C=C/CCCCCCCCCCC. The number of hydrogen-bond donors (Lipinski definition) is 6. The number of unbranched alkanes of at least 4 members (excludes halogenated alkanes) is 35. The number of amides is 1. The Kier molecular flexibility index (Phi) is 55.9. The standard InChI is InChI=1S/C72H129NO10/c1-4-7-10-13-16-19-22-24-26-28-30-31-32-33-34-36-37-39-41-44-47-50-53-56-59-65(76)71(80)73-63(64(75)58-55-52-49-46-43-21-18-15-12-9-6-3)62-81-72-70(69(79)68(78)66(61-74)82-72)83-67(77)60-57-54-51-48-45-42-40-38-35-29-27-25-23-20-17-14-11-8-5-2/h16,19,24-27,30-31,33-34,55,58,63-66,68-70,72,74-76,78-79H,4-15,17-18,20-23,28-29,32,35-54,56-57,59-62H2,1-3H3,(H,73,80)/b19-16-,26-24-,27-25+,31-30-,34-33-,58-55+. The monoisotopic (exact) mass is 1170 g/mol. The molecule has 0 aromatic carbocycles. The van der Waals surface area contributed by atoms with Crippen molar-refractivity contribution in [3.05, 3.63) is 72.9 Å². The lowest BCUT2D eigenvalue weighted by Gasteiger charge is -2.41. The molecule has 1 aliphatic rings. The van der Waals surface area contributed by atoms with Crippen LogP contribution in [0.25, 0.3) is 0 Å². The van der Waals surface area contributed by atoms with Crippen LogP contribution >= 0.6 is 0 Å². The zero-order chi connectivity index (χ0) is 60.3.